The molecule has 1 saturated heterocycles. The molecule has 2 atom stereocenters. The van der Waals surface area contributed by atoms with Gasteiger partial charge in [-0.2, -0.15) is 0 Å². The second-order valence-electron chi connectivity index (χ2n) is 4.39. The van der Waals surface area contributed by atoms with E-state index in [2.05, 4.69) is 15.9 Å². The number of benzene rings is 1. The molecule has 0 aromatic heterocycles. The minimum Gasteiger partial charge on any atom is -0.497 e. The van der Waals surface area contributed by atoms with Crippen LogP contribution in [0.15, 0.2) is 22.7 Å². The summed E-state index contributed by atoms with van der Waals surface area (Å²) >= 11 is 3.55. The van der Waals surface area contributed by atoms with Gasteiger partial charge in [0.05, 0.1) is 13.7 Å². The van der Waals surface area contributed by atoms with Gasteiger partial charge in [-0.3, -0.25) is 0 Å². The van der Waals surface area contributed by atoms with E-state index in [1.54, 1.807) is 7.11 Å². The smallest absolute Gasteiger partial charge is 0.119 e. The standard InChI is InChI=1S/C13H18BrNO2/c1-16-10-4-5-12(14)11(7-10)13(15)9-3-2-6-17-8-9/h4-5,7,9,13H,2-3,6,8,15H2,1H3. The monoisotopic (exact) mass is 299 g/mol. The molecule has 1 aliphatic rings. The SMILES string of the molecule is COc1ccc(Br)c(C(N)C2CCCOC2)c1. The van der Waals surface area contributed by atoms with Crippen molar-refractivity contribution in [3.05, 3.63) is 28.2 Å². The van der Waals surface area contributed by atoms with Crippen molar-refractivity contribution in [2.24, 2.45) is 11.7 Å². The highest BCUT2D eigenvalue weighted by Gasteiger charge is 2.24. The molecule has 1 aliphatic heterocycles. The highest BCUT2D eigenvalue weighted by molar-refractivity contribution is 9.10. The molecule has 0 saturated carbocycles. The predicted octanol–water partition coefficient (Wildman–Crippen LogP) is 2.88. The summed E-state index contributed by atoms with van der Waals surface area (Å²) in [6.45, 7) is 1.62. The summed E-state index contributed by atoms with van der Waals surface area (Å²) in [6, 6.07) is 5.92. The molecule has 94 valence electrons. The van der Waals surface area contributed by atoms with Gasteiger partial charge in [-0.05, 0) is 36.6 Å². The van der Waals surface area contributed by atoms with E-state index in [1.165, 1.54) is 0 Å². The van der Waals surface area contributed by atoms with Gasteiger partial charge in [0.25, 0.3) is 0 Å². The third-order valence-electron chi connectivity index (χ3n) is 3.27. The lowest BCUT2D eigenvalue weighted by molar-refractivity contribution is 0.0446. The summed E-state index contributed by atoms with van der Waals surface area (Å²) < 4.78 is 11.8. The molecule has 4 heteroatoms. The molecule has 2 unspecified atom stereocenters. The van der Waals surface area contributed by atoms with Crippen LogP contribution in [0.5, 0.6) is 5.75 Å². The second kappa shape index (κ2) is 5.85. The Hall–Kier alpha value is -0.580. The van der Waals surface area contributed by atoms with Gasteiger partial charge in [0.15, 0.2) is 0 Å². The van der Waals surface area contributed by atoms with Gasteiger partial charge in [-0.25, -0.2) is 0 Å². The van der Waals surface area contributed by atoms with Crippen molar-refractivity contribution in [3.8, 4) is 5.75 Å². The van der Waals surface area contributed by atoms with Crippen molar-refractivity contribution < 1.29 is 9.47 Å². The first-order valence-electron chi connectivity index (χ1n) is 5.89. The predicted molar refractivity (Wildman–Crippen MR) is 71.2 cm³/mol. The summed E-state index contributed by atoms with van der Waals surface area (Å²) in [5.74, 6) is 1.24. The van der Waals surface area contributed by atoms with Crippen LogP contribution in [0.1, 0.15) is 24.4 Å². The molecule has 0 radical (unpaired) electrons. The van der Waals surface area contributed by atoms with E-state index < -0.39 is 0 Å². The van der Waals surface area contributed by atoms with Gasteiger partial charge >= 0.3 is 0 Å². The number of rotatable bonds is 3. The molecule has 0 bridgehead atoms. The largest absolute Gasteiger partial charge is 0.497 e. The average molecular weight is 300 g/mol. The fraction of sp³-hybridized carbons (Fsp3) is 0.538. The maximum absolute atomic E-state index is 6.33. The Labute approximate surface area is 110 Å². The Balaban J connectivity index is 2.19. The van der Waals surface area contributed by atoms with Gasteiger partial charge in [0, 0.05) is 23.0 Å². The van der Waals surface area contributed by atoms with E-state index >= 15 is 0 Å². The maximum Gasteiger partial charge on any atom is 0.119 e. The number of halogens is 1. The minimum absolute atomic E-state index is 0.000208. The molecule has 0 spiro atoms. The van der Waals surface area contributed by atoms with E-state index in [0.717, 1.165) is 41.8 Å². The lowest BCUT2D eigenvalue weighted by Crippen LogP contribution is -2.29. The van der Waals surface area contributed by atoms with Crippen molar-refractivity contribution in [2.75, 3.05) is 20.3 Å². The minimum atomic E-state index is -0.000208. The Morgan fingerprint density at radius 3 is 3.00 bits per heavy atom. The fourth-order valence-corrected chi connectivity index (χ4v) is 2.72. The molecule has 0 aliphatic carbocycles. The number of methoxy groups -OCH3 is 1. The summed E-state index contributed by atoms with van der Waals surface area (Å²) in [7, 11) is 1.67. The van der Waals surface area contributed by atoms with Gasteiger partial charge in [-0.15, -0.1) is 0 Å². The van der Waals surface area contributed by atoms with E-state index in [4.69, 9.17) is 15.2 Å². The second-order valence-corrected chi connectivity index (χ2v) is 5.24. The van der Waals surface area contributed by atoms with E-state index in [0.29, 0.717) is 5.92 Å². The van der Waals surface area contributed by atoms with Crippen molar-refractivity contribution >= 4 is 15.9 Å². The first-order chi connectivity index (χ1) is 8.22. The number of ether oxygens (including phenoxy) is 2. The maximum atomic E-state index is 6.33. The zero-order valence-electron chi connectivity index (χ0n) is 9.99. The molecule has 2 rings (SSSR count). The van der Waals surface area contributed by atoms with E-state index in [-0.39, 0.29) is 6.04 Å². The van der Waals surface area contributed by atoms with Gasteiger partial charge < -0.3 is 15.2 Å². The van der Waals surface area contributed by atoms with Gasteiger partial charge in [0.1, 0.15) is 5.75 Å². The normalized spacial score (nSPS) is 22.2. The van der Waals surface area contributed by atoms with Crippen LogP contribution in [0, 0.1) is 5.92 Å². The van der Waals surface area contributed by atoms with Gasteiger partial charge in [0.2, 0.25) is 0 Å². The van der Waals surface area contributed by atoms with Crippen molar-refractivity contribution in [2.45, 2.75) is 18.9 Å². The molecule has 1 aromatic rings. The van der Waals surface area contributed by atoms with Crippen LogP contribution in [0.3, 0.4) is 0 Å². The molecule has 0 amide bonds. The third kappa shape index (κ3) is 3.00. The van der Waals surface area contributed by atoms with Crippen molar-refractivity contribution in [1.82, 2.24) is 0 Å². The highest BCUT2D eigenvalue weighted by atomic mass is 79.9. The van der Waals surface area contributed by atoms with E-state index in [1.807, 2.05) is 18.2 Å². The number of nitrogens with two attached hydrogens (primary N) is 1. The Morgan fingerprint density at radius 1 is 1.53 bits per heavy atom. The first kappa shape index (κ1) is 12.9. The Morgan fingerprint density at radius 2 is 2.35 bits per heavy atom. The molecule has 1 fully saturated rings. The topological polar surface area (TPSA) is 44.5 Å². The zero-order chi connectivity index (χ0) is 12.3. The van der Waals surface area contributed by atoms with Crippen molar-refractivity contribution in [1.29, 1.82) is 0 Å². The van der Waals surface area contributed by atoms with E-state index in [9.17, 15) is 0 Å². The fourth-order valence-electron chi connectivity index (χ4n) is 2.21. The first-order valence-corrected chi connectivity index (χ1v) is 6.68. The summed E-state index contributed by atoms with van der Waals surface area (Å²) in [4.78, 5) is 0. The Bertz CT molecular complexity index is 378. The lowest BCUT2D eigenvalue weighted by atomic mass is 9.89. The Kier molecular flexibility index (Phi) is 4.42. The summed E-state index contributed by atoms with van der Waals surface area (Å²) in [5.41, 5.74) is 7.43. The van der Waals surface area contributed by atoms with Crippen LogP contribution in [-0.4, -0.2) is 20.3 Å². The van der Waals surface area contributed by atoms with Crippen LogP contribution in [-0.2, 0) is 4.74 Å². The molecule has 1 heterocycles. The molecule has 17 heavy (non-hydrogen) atoms. The highest BCUT2D eigenvalue weighted by Crippen LogP contribution is 2.33. The molecule has 2 N–H and O–H groups in total. The number of hydrogen-bond acceptors (Lipinski definition) is 3. The van der Waals surface area contributed by atoms with Gasteiger partial charge in [-0.1, -0.05) is 15.9 Å². The quantitative estimate of drug-likeness (QED) is 0.933. The summed E-state index contributed by atoms with van der Waals surface area (Å²) in [6.07, 6.45) is 2.23. The van der Waals surface area contributed by atoms with Crippen LogP contribution in [0.2, 0.25) is 0 Å². The van der Waals surface area contributed by atoms with Crippen LogP contribution >= 0.6 is 15.9 Å². The number of hydrogen-bond donors (Lipinski definition) is 1. The molecule has 1 aromatic carbocycles. The van der Waals surface area contributed by atoms with Crippen LogP contribution < -0.4 is 10.5 Å². The van der Waals surface area contributed by atoms with Crippen LogP contribution in [0.4, 0.5) is 0 Å². The lowest BCUT2D eigenvalue weighted by Gasteiger charge is -2.28. The van der Waals surface area contributed by atoms with Crippen molar-refractivity contribution in [3.63, 3.8) is 0 Å². The molecular weight excluding hydrogens is 282 g/mol. The zero-order valence-corrected chi connectivity index (χ0v) is 11.6. The average Bonchev–Trinajstić information content (AvgIpc) is 2.39. The summed E-state index contributed by atoms with van der Waals surface area (Å²) in [5, 5.41) is 0. The third-order valence-corrected chi connectivity index (χ3v) is 3.99. The van der Waals surface area contributed by atoms with Crippen LogP contribution in [0.25, 0.3) is 0 Å². The molecular formula is C13H18BrNO2. The molecule has 3 nitrogen and oxygen atoms in total.